The van der Waals surface area contributed by atoms with Crippen LogP contribution in [-0.4, -0.2) is 30.3 Å². The third-order valence-corrected chi connectivity index (χ3v) is 7.97. The molecule has 5 aliphatic rings. The summed E-state index contributed by atoms with van der Waals surface area (Å²) >= 11 is 0. The van der Waals surface area contributed by atoms with E-state index in [0.29, 0.717) is 36.8 Å². The van der Waals surface area contributed by atoms with Gasteiger partial charge in [0.15, 0.2) is 5.60 Å². The lowest BCUT2D eigenvalue weighted by Gasteiger charge is -2.57. The van der Waals surface area contributed by atoms with Crippen LogP contribution in [0.1, 0.15) is 75.2 Å². The van der Waals surface area contributed by atoms with Crippen LogP contribution in [0.15, 0.2) is 35.6 Å². The van der Waals surface area contributed by atoms with Crippen molar-refractivity contribution in [3.63, 3.8) is 0 Å². The first-order valence-corrected chi connectivity index (χ1v) is 12.0. The summed E-state index contributed by atoms with van der Waals surface area (Å²) in [5.41, 5.74) is 2.29. The molecule has 1 aromatic rings. The van der Waals surface area contributed by atoms with Gasteiger partial charge >= 0.3 is 5.97 Å². The number of allylic oxidation sites excluding steroid dienone is 1. The predicted octanol–water partition coefficient (Wildman–Crippen LogP) is 5.45. The maximum atomic E-state index is 12.3. The van der Waals surface area contributed by atoms with Gasteiger partial charge in [-0.2, -0.15) is 0 Å². The average Bonchev–Trinajstić information content (AvgIpc) is 3.00. The molecule has 0 N–H and O–H groups in total. The van der Waals surface area contributed by atoms with E-state index in [1.807, 2.05) is 32.0 Å². The summed E-state index contributed by atoms with van der Waals surface area (Å²) < 4.78 is 18.4. The van der Waals surface area contributed by atoms with Gasteiger partial charge in [-0.15, -0.1) is 0 Å². The zero-order valence-corrected chi connectivity index (χ0v) is 19.5. The predicted molar refractivity (Wildman–Crippen MR) is 117 cm³/mol. The van der Waals surface area contributed by atoms with Crippen molar-refractivity contribution in [2.45, 2.75) is 83.9 Å². The minimum atomic E-state index is -0.767. The van der Waals surface area contributed by atoms with Gasteiger partial charge in [-0.25, -0.2) is 14.6 Å². The molecule has 0 radical (unpaired) electrons. The van der Waals surface area contributed by atoms with Crippen molar-refractivity contribution in [2.75, 3.05) is 6.61 Å². The minimum absolute atomic E-state index is 0.218. The van der Waals surface area contributed by atoms with Crippen LogP contribution in [0.2, 0.25) is 0 Å². The second-order valence-corrected chi connectivity index (χ2v) is 10.2. The quantitative estimate of drug-likeness (QED) is 0.343. The second-order valence-electron chi connectivity index (χ2n) is 10.2. The van der Waals surface area contributed by atoms with Gasteiger partial charge in [0.05, 0.1) is 17.9 Å². The van der Waals surface area contributed by atoms with Crippen LogP contribution >= 0.6 is 0 Å². The molecular formula is C26H34O6. The summed E-state index contributed by atoms with van der Waals surface area (Å²) in [5.74, 6) is 1.01. The molecule has 4 fully saturated rings. The second kappa shape index (κ2) is 8.15. The molecule has 1 aliphatic carbocycles. The molecule has 6 rings (SSSR count). The third kappa shape index (κ3) is 3.57. The number of fused-ring (bicyclic) bond motifs is 2. The van der Waals surface area contributed by atoms with E-state index in [4.69, 9.17) is 24.0 Å². The van der Waals surface area contributed by atoms with Crippen LogP contribution in [0.3, 0.4) is 0 Å². The Labute approximate surface area is 190 Å². The van der Waals surface area contributed by atoms with E-state index in [0.717, 1.165) is 30.6 Å². The van der Waals surface area contributed by atoms with E-state index in [1.165, 1.54) is 12.0 Å². The first-order chi connectivity index (χ1) is 15.3. The normalized spacial score (nSPS) is 38.0. The zero-order chi connectivity index (χ0) is 22.5. The Morgan fingerprint density at radius 1 is 1.19 bits per heavy atom. The maximum Gasteiger partial charge on any atom is 0.338 e. The molecule has 3 saturated heterocycles. The van der Waals surface area contributed by atoms with Crippen molar-refractivity contribution in [1.29, 1.82) is 0 Å². The molecule has 1 saturated carbocycles. The summed E-state index contributed by atoms with van der Waals surface area (Å²) in [4.78, 5) is 24.3. The van der Waals surface area contributed by atoms with Gasteiger partial charge in [0.1, 0.15) is 0 Å². The highest BCUT2D eigenvalue weighted by Gasteiger charge is 2.68. The number of carbonyl (C=O) groups excluding carboxylic acids is 1. The summed E-state index contributed by atoms with van der Waals surface area (Å²) in [6.45, 7) is 8.72. The molecule has 32 heavy (non-hydrogen) atoms. The fourth-order valence-corrected chi connectivity index (χ4v) is 6.18. The van der Waals surface area contributed by atoms with Gasteiger partial charge in [-0.3, -0.25) is 0 Å². The fourth-order valence-electron chi connectivity index (χ4n) is 6.18. The van der Waals surface area contributed by atoms with Gasteiger partial charge in [0, 0.05) is 24.7 Å². The Kier molecular flexibility index (Phi) is 5.59. The Bertz CT molecular complexity index is 925. The summed E-state index contributed by atoms with van der Waals surface area (Å²) in [5, 5.41) is 0. The SMILES string of the molecule is CC1=C(CCCOC(=O)c2cccc(C)c2)OC2O[C@]3(C)CC[C@H]4[C@H](C)CC[C@@H]1[C@@]24OO3. The Morgan fingerprint density at radius 3 is 2.84 bits per heavy atom. The van der Waals surface area contributed by atoms with Crippen molar-refractivity contribution >= 4 is 5.97 Å². The molecule has 6 heteroatoms. The van der Waals surface area contributed by atoms with Crippen molar-refractivity contribution in [3.8, 4) is 0 Å². The Morgan fingerprint density at radius 2 is 2.03 bits per heavy atom. The van der Waals surface area contributed by atoms with Crippen molar-refractivity contribution in [3.05, 3.63) is 46.7 Å². The number of benzene rings is 1. The van der Waals surface area contributed by atoms with Crippen molar-refractivity contribution in [1.82, 2.24) is 0 Å². The van der Waals surface area contributed by atoms with Crippen LogP contribution in [0, 0.1) is 24.7 Å². The molecule has 1 aromatic carbocycles. The number of esters is 1. The number of aryl methyl sites for hydroxylation is 1. The van der Waals surface area contributed by atoms with E-state index >= 15 is 0 Å². The molecule has 2 bridgehead atoms. The summed E-state index contributed by atoms with van der Waals surface area (Å²) in [7, 11) is 0. The standard InChI is InChI=1S/C26H34O6/c1-16-7-5-8-19(15-16)23(27)28-14-6-9-22-18(3)21-11-10-17(2)20-12-13-25(4)30-24(29-22)26(20,21)32-31-25/h5,7-8,15,17,20-21,24H,6,9-14H2,1-4H3/t17-,20+,21+,24?,25+,26-/m1/s1. The number of hydrogen-bond donors (Lipinski definition) is 0. The topological polar surface area (TPSA) is 63.2 Å². The largest absolute Gasteiger partial charge is 0.466 e. The molecule has 174 valence electrons. The van der Waals surface area contributed by atoms with Gasteiger partial charge in [0.25, 0.3) is 0 Å². The minimum Gasteiger partial charge on any atom is -0.466 e. The number of ether oxygens (including phenoxy) is 3. The Hall–Kier alpha value is -1.89. The van der Waals surface area contributed by atoms with Gasteiger partial charge in [0.2, 0.25) is 12.1 Å². The molecule has 4 heterocycles. The first-order valence-electron chi connectivity index (χ1n) is 12.0. The van der Waals surface area contributed by atoms with Gasteiger partial charge in [-0.05, 0) is 70.1 Å². The molecule has 4 aliphatic heterocycles. The molecule has 1 spiro atoms. The monoisotopic (exact) mass is 442 g/mol. The van der Waals surface area contributed by atoms with Gasteiger partial charge in [-0.1, -0.05) is 24.6 Å². The zero-order valence-electron chi connectivity index (χ0n) is 19.5. The molecule has 6 nitrogen and oxygen atoms in total. The van der Waals surface area contributed by atoms with Crippen LogP contribution in [-0.2, 0) is 24.0 Å². The highest BCUT2D eigenvalue weighted by molar-refractivity contribution is 5.89. The summed E-state index contributed by atoms with van der Waals surface area (Å²) in [6, 6.07) is 7.47. The molecule has 0 amide bonds. The number of hydrogen-bond acceptors (Lipinski definition) is 6. The Balaban J connectivity index is 1.28. The lowest BCUT2D eigenvalue weighted by atomic mass is 9.59. The average molecular weight is 443 g/mol. The van der Waals surface area contributed by atoms with E-state index in [1.54, 1.807) is 6.07 Å². The van der Waals surface area contributed by atoms with E-state index in [-0.39, 0.29) is 11.9 Å². The molecule has 6 atom stereocenters. The van der Waals surface area contributed by atoms with Gasteiger partial charge < -0.3 is 14.2 Å². The van der Waals surface area contributed by atoms with Crippen LogP contribution in [0.25, 0.3) is 0 Å². The lowest BCUT2D eigenvalue weighted by Crippen LogP contribution is -2.66. The highest BCUT2D eigenvalue weighted by Crippen LogP contribution is 2.60. The maximum absolute atomic E-state index is 12.3. The van der Waals surface area contributed by atoms with Crippen LogP contribution in [0.5, 0.6) is 0 Å². The molecule has 0 aromatic heterocycles. The van der Waals surface area contributed by atoms with E-state index in [2.05, 4.69) is 13.8 Å². The first kappa shape index (κ1) is 21.9. The highest BCUT2D eigenvalue weighted by atomic mass is 17.3. The van der Waals surface area contributed by atoms with Crippen molar-refractivity contribution < 1.29 is 28.8 Å². The third-order valence-electron chi connectivity index (χ3n) is 7.97. The summed E-state index contributed by atoms with van der Waals surface area (Å²) in [6.07, 6.45) is 4.98. The number of carbonyl (C=O) groups is 1. The molecular weight excluding hydrogens is 408 g/mol. The smallest absolute Gasteiger partial charge is 0.338 e. The van der Waals surface area contributed by atoms with Crippen LogP contribution < -0.4 is 0 Å². The van der Waals surface area contributed by atoms with E-state index in [9.17, 15) is 4.79 Å². The number of rotatable bonds is 5. The molecule has 1 unspecified atom stereocenters. The fraction of sp³-hybridized carbons (Fsp3) is 0.654. The van der Waals surface area contributed by atoms with E-state index < -0.39 is 17.7 Å². The van der Waals surface area contributed by atoms with Crippen LogP contribution in [0.4, 0.5) is 0 Å². The lowest BCUT2D eigenvalue weighted by molar-refractivity contribution is -0.556. The van der Waals surface area contributed by atoms with Crippen molar-refractivity contribution in [2.24, 2.45) is 17.8 Å².